The van der Waals surface area contributed by atoms with Crippen molar-refractivity contribution < 1.29 is 14.6 Å². The van der Waals surface area contributed by atoms with E-state index in [-0.39, 0.29) is 5.41 Å². The first-order valence-electron chi connectivity index (χ1n) is 5.64. The van der Waals surface area contributed by atoms with Crippen LogP contribution in [-0.4, -0.2) is 23.8 Å². The predicted molar refractivity (Wildman–Crippen MR) is 61.5 cm³/mol. The van der Waals surface area contributed by atoms with Crippen molar-refractivity contribution in [2.24, 2.45) is 11.3 Å². The van der Waals surface area contributed by atoms with E-state index in [2.05, 4.69) is 23.5 Å². The Bertz CT molecular complexity index is 335. The van der Waals surface area contributed by atoms with Crippen LogP contribution >= 0.6 is 0 Å². The number of methoxy groups -OCH3 is 1. The molecule has 2 unspecified atom stereocenters. The van der Waals surface area contributed by atoms with Crippen molar-refractivity contribution in [3.63, 3.8) is 0 Å². The summed E-state index contributed by atoms with van der Waals surface area (Å²) in [5.74, 6) is 4.90. The molecule has 90 valence electrons. The molecule has 0 bridgehead atoms. The lowest BCUT2D eigenvalue weighted by Crippen LogP contribution is -2.48. The van der Waals surface area contributed by atoms with Crippen LogP contribution in [0.2, 0.25) is 0 Å². The van der Waals surface area contributed by atoms with Crippen LogP contribution in [0, 0.1) is 23.2 Å². The van der Waals surface area contributed by atoms with Crippen molar-refractivity contribution in [3.8, 4) is 11.8 Å². The minimum absolute atomic E-state index is 0.277. The minimum Gasteiger partial charge on any atom is -0.459 e. The van der Waals surface area contributed by atoms with Gasteiger partial charge >= 0.3 is 5.97 Å². The van der Waals surface area contributed by atoms with E-state index in [0.717, 1.165) is 12.8 Å². The Morgan fingerprint density at radius 1 is 1.50 bits per heavy atom. The first kappa shape index (κ1) is 13.1. The molecular weight excluding hydrogens is 204 g/mol. The van der Waals surface area contributed by atoms with Crippen LogP contribution in [0.15, 0.2) is 0 Å². The minimum atomic E-state index is -1.08. The first-order valence-corrected chi connectivity index (χ1v) is 5.64. The van der Waals surface area contributed by atoms with Gasteiger partial charge in [-0.2, -0.15) is 0 Å². The van der Waals surface area contributed by atoms with Crippen LogP contribution in [0.5, 0.6) is 0 Å². The summed E-state index contributed by atoms with van der Waals surface area (Å²) in [6.45, 7) is 6.08. The summed E-state index contributed by atoms with van der Waals surface area (Å²) in [5.41, 5.74) is -1.36. The largest absolute Gasteiger partial charge is 0.459 e. The molecule has 0 aromatic heterocycles. The molecule has 1 fully saturated rings. The molecule has 0 radical (unpaired) electrons. The molecule has 1 aliphatic rings. The van der Waals surface area contributed by atoms with Gasteiger partial charge in [0.1, 0.15) is 5.60 Å². The molecule has 1 saturated carbocycles. The third kappa shape index (κ3) is 2.56. The zero-order valence-corrected chi connectivity index (χ0v) is 10.5. The normalized spacial score (nSPS) is 32.4. The fourth-order valence-electron chi connectivity index (χ4n) is 2.12. The van der Waals surface area contributed by atoms with Crippen molar-refractivity contribution in [1.29, 1.82) is 0 Å². The molecule has 0 heterocycles. The summed E-state index contributed by atoms with van der Waals surface area (Å²) < 4.78 is 4.46. The Kier molecular flexibility index (Phi) is 3.64. The Balaban J connectivity index is 2.93. The summed E-state index contributed by atoms with van der Waals surface area (Å²) in [5, 5.41) is 10.5. The van der Waals surface area contributed by atoms with Gasteiger partial charge in [-0.1, -0.05) is 26.7 Å². The molecule has 3 nitrogen and oxygen atoms in total. The van der Waals surface area contributed by atoms with E-state index in [0.29, 0.717) is 12.3 Å². The van der Waals surface area contributed by atoms with Crippen molar-refractivity contribution in [2.45, 2.75) is 45.6 Å². The number of hydrogen-bond acceptors (Lipinski definition) is 3. The van der Waals surface area contributed by atoms with Crippen molar-refractivity contribution in [3.05, 3.63) is 0 Å². The number of carbonyl (C=O) groups is 1. The first-order chi connectivity index (χ1) is 7.31. The molecule has 1 rings (SSSR count). The van der Waals surface area contributed by atoms with E-state index in [9.17, 15) is 9.90 Å². The van der Waals surface area contributed by atoms with Gasteiger partial charge in [0.05, 0.1) is 7.11 Å². The fourth-order valence-corrected chi connectivity index (χ4v) is 2.12. The van der Waals surface area contributed by atoms with Gasteiger partial charge in [0.25, 0.3) is 0 Å². The predicted octanol–water partition coefficient (Wildman–Crippen LogP) is 1.74. The lowest BCUT2D eigenvalue weighted by molar-refractivity contribution is -0.133. The van der Waals surface area contributed by atoms with E-state index >= 15 is 0 Å². The topological polar surface area (TPSA) is 46.5 Å². The average Bonchev–Trinajstić information content (AvgIpc) is 2.21. The van der Waals surface area contributed by atoms with Crippen molar-refractivity contribution in [1.82, 2.24) is 0 Å². The van der Waals surface area contributed by atoms with Gasteiger partial charge in [0, 0.05) is 11.3 Å². The van der Waals surface area contributed by atoms with Crippen LogP contribution < -0.4 is 0 Å². The highest BCUT2D eigenvalue weighted by molar-refractivity contribution is 5.88. The van der Waals surface area contributed by atoms with Gasteiger partial charge in [-0.05, 0) is 25.2 Å². The third-order valence-electron chi connectivity index (χ3n) is 3.58. The molecule has 1 N–H and O–H groups in total. The van der Waals surface area contributed by atoms with Crippen LogP contribution in [0.25, 0.3) is 0 Å². The molecule has 0 aromatic rings. The molecule has 0 aromatic carbocycles. The second-order valence-corrected chi connectivity index (χ2v) is 5.33. The van der Waals surface area contributed by atoms with Crippen molar-refractivity contribution in [2.75, 3.05) is 7.11 Å². The van der Waals surface area contributed by atoms with Gasteiger partial charge in [-0.15, -0.1) is 0 Å². The second kappa shape index (κ2) is 4.47. The fraction of sp³-hybridized carbons (Fsp3) is 0.769. The van der Waals surface area contributed by atoms with Gasteiger partial charge < -0.3 is 9.84 Å². The Hall–Kier alpha value is -1.01. The van der Waals surface area contributed by atoms with Crippen LogP contribution in [-0.2, 0) is 9.53 Å². The number of rotatable bonds is 0. The quantitative estimate of drug-likeness (QED) is 0.387. The van der Waals surface area contributed by atoms with E-state index in [4.69, 9.17) is 0 Å². The van der Waals surface area contributed by atoms with Gasteiger partial charge in [0.2, 0.25) is 0 Å². The molecule has 0 saturated heterocycles. The average molecular weight is 224 g/mol. The molecule has 16 heavy (non-hydrogen) atoms. The molecular formula is C13H20O3. The van der Waals surface area contributed by atoms with Gasteiger partial charge in [0.15, 0.2) is 0 Å². The van der Waals surface area contributed by atoms with E-state index in [1.165, 1.54) is 7.11 Å². The summed E-state index contributed by atoms with van der Waals surface area (Å²) in [4.78, 5) is 11.0. The standard InChI is InChI=1S/C13H20O3/c1-10-5-7-12(2,3)13(15,9-10)8-6-11(14)16-4/h10,15H,5,7,9H2,1-4H3. The zero-order valence-electron chi connectivity index (χ0n) is 10.5. The Labute approximate surface area is 97.2 Å². The SMILES string of the molecule is COC(=O)C#CC1(O)CC(C)CCC1(C)C. The summed E-state index contributed by atoms with van der Waals surface area (Å²) in [6.07, 6.45) is 2.62. The van der Waals surface area contributed by atoms with E-state index < -0.39 is 11.6 Å². The molecule has 0 aliphatic heterocycles. The third-order valence-corrected chi connectivity index (χ3v) is 3.58. The molecule has 3 heteroatoms. The molecule has 1 aliphatic carbocycles. The lowest BCUT2D eigenvalue weighted by atomic mass is 9.63. The number of hydrogen-bond donors (Lipinski definition) is 1. The smallest absolute Gasteiger partial charge is 0.384 e. The van der Waals surface area contributed by atoms with Gasteiger partial charge in [-0.25, -0.2) is 4.79 Å². The van der Waals surface area contributed by atoms with Gasteiger partial charge in [-0.3, -0.25) is 0 Å². The van der Waals surface area contributed by atoms with Crippen LogP contribution in [0.3, 0.4) is 0 Å². The molecule has 0 amide bonds. The summed E-state index contributed by atoms with van der Waals surface area (Å²) in [7, 11) is 1.29. The van der Waals surface area contributed by atoms with E-state index in [1.54, 1.807) is 0 Å². The number of esters is 1. The maximum atomic E-state index is 11.0. The summed E-state index contributed by atoms with van der Waals surface area (Å²) >= 11 is 0. The van der Waals surface area contributed by atoms with Crippen LogP contribution in [0.4, 0.5) is 0 Å². The highest BCUT2D eigenvalue weighted by Crippen LogP contribution is 2.45. The monoisotopic (exact) mass is 224 g/mol. The Morgan fingerprint density at radius 3 is 2.69 bits per heavy atom. The second-order valence-electron chi connectivity index (χ2n) is 5.33. The number of ether oxygens (including phenoxy) is 1. The van der Waals surface area contributed by atoms with Crippen molar-refractivity contribution >= 4 is 5.97 Å². The molecule has 2 atom stereocenters. The molecule has 0 spiro atoms. The maximum absolute atomic E-state index is 11.0. The van der Waals surface area contributed by atoms with Crippen LogP contribution in [0.1, 0.15) is 40.0 Å². The number of aliphatic hydroxyl groups is 1. The van der Waals surface area contributed by atoms with E-state index in [1.807, 2.05) is 13.8 Å². The highest BCUT2D eigenvalue weighted by Gasteiger charge is 2.46. The lowest BCUT2D eigenvalue weighted by Gasteiger charge is -2.45. The Morgan fingerprint density at radius 2 is 2.12 bits per heavy atom. The zero-order chi connectivity index (χ0) is 12.4. The maximum Gasteiger partial charge on any atom is 0.384 e. The number of carbonyl (C=O) groups excluding carboxylic acids is 1. The summed E-state index contributed by atoms with van der Waals surface area (Å²) in [6, 6.07) is 0. The highest BCUT2D eigenvalue weighted by atomic mass is 16.5.